The number of hydrogen-bond donors (Lipinski definition) is 0. The first kappa shape index (κ1) is 32.5. The summed E-state index contributed by atoms with van der Waals surface area (Å²) in [5.41, 5.74) is 9.67. The molecule has 1 aliphatic rings. The van der Waals surface area contributed by atoms with Gasteiger partial charge in [-0.15, -0.1) is 0 Å². The second-order valence-electron chi connectivity index (χ2n) is 10.2. The van der Waals surface area contributed by atoms with Crippen molar-refractivity contribution in [3.05, 3.63) is 58.5 Å². The third kappa shape index (κ3) is 13.8. The van der Waals surface area contributed by atoms with E-state index in [4.69, 9.17) is 38.6 Å². The van der Waals surface area contributed by atoms with Gasteiger partial charge in [-0.3, -0.25) is 19.2 Å². The lowest BCUT2D eigenvalue weighted by Crippen LogP contribution is -2.63. The molecule has 0 radical (unpaired) electrons. The van der Waals surface area contributed by atoms with Gasteiger partial charge >= 0.3 is 29.8 Å². The predicted molar refractivity (Wildman–Crippen MR) is 164 cm³/mol. The van der Waals surface area contributed by atoms with Gasteiger partial charge in [-0.2, -0.15) is 0 Å². The van der Waals surface area contributed by atoms with Crippen LogP contribution in [0.1, 0.15) is 82.5 Å². The molecule has 47 heavy (non-hydrogen) atoms. The van der Waals surface area contributed by atoms with E-state index in [1.807, 2.05) is 0 Å². The molecule has 1 fully saturated rings. The lowest BCUT2D eigenvalue weighted by Gasteiger charge is -2.44. The zero-order valence-corrected chi connectivity index (χ0v) is 26.1. The lowest BCUT2D eigenvalue weighted by atomic mass is 9.98. The van der Waals surface area contributed by atoms with Crippen molar-refractivity contribution < 1.29 is 62.6 Å². The first-order valence-electron chi connectivity index (χ1n) is 17.6. The highest BCUT2D eigenvalue weighted by molar-refractivity contribution is 5.89. The molecule has 1 aliphatic heterocycles. The van der Waals surface area contributed by atoms with Crippen LogP contribution in [-0.2, 0) is 52.3 Å². The molecule has 1 aromatic rings. The van der Waals surface area contributed by atoms with Crippen molar-refractivity contribution in [3.8, 4) is 0 Å². The number of carbonyl (C=O) groups excluding carboxylic acids is 5. The summed E-state index contributed by atoms with van der Waals surface area (Å²) in [5, 5.41) is 3.77. The van der Waals surface area contributed by atoms with Crippen LogP contribution in [0.5, 0.6) is 0 Å². The van der Waals surface area contributed by atoms with Crippen LogP contribution in [0.25, 0.3) is 10.4 Å². The molecule has 0 aromatic heterocycles. The first-order chi connectivity index (χ1) is 24.6. The van der Waals surface area contributed by atoms with Gasteiger partial charge in [0.1, 0.15) is 24.9 Å². The Bertz CT molecular complexity index is 1350. The Labute approximate surface area is 279 Å². The molecule has 1 aromatic carbocycles. The van der Waals surface area contributed by atoms with Gasteiger partial charge in [0, 0.05) is 38.0 Å². The number of unbranched alkanes of at least 4 members (excludes halogenated alkanes) is 4. The molecule has 0 amide bonds. The Kier molecular flexibility index (Phi) is 14.2. The Hall–Kier alpha value is -4.46. The van der Waals surface area contributed by atoms with Crippen LogP contribution in [-0.4, -0.2) is 85.9 Å². The summed E-state index contributed by atoms with van der Waals surface area (Å²) in [6, 6.07) is 6.78. The second-order valence-corrected chi connectivity index (χ2v) is 10.2. The Morgan fingerprint density at radius 3 is 2.23 bits per heavy atom. The maximum atomic E-state index is 13.1. The van der Waals surface area contributed by atoms with Crippen molar-refractivity contribution in [1.82, 2.24) is 0 Å². The molecule has 0 spiro atoms. The van der Waals surface area contributed by atoms with E-state index in [0.29, 0.717) is 6.42 Å². The van der Waals surface area contributed by atoms with E-state index >= 15 is 0 Å². The quantitative estimate of drug-likeness (QED) is 0.0405. The van der Waals surface area contributed by atoms with Gasteiger partial charge in [-0.1, -0.05) is 55.6 Å². The fourth-order valence-corrected chi connectivity index (χ4v) is 4.56. The predicted octanol–water partition coefficient (Wildman–Crippen LogP) is 4.52. The van der Waals surface area contributed by atoms with E-state index in [0.717, 1.165) is 25.7 Å². The van der Waals surface area contributed by atoms with Gasteiger partial charge in [0.05, 0.1) is 12.2 Å². The van der Waals surface area contributed by atoms with Gasteiger partial charge in [0.15, 0.2) is 24.6 Å². The van der Waals surface area contributed by atoms with Crippen LogP contribution in [0, 0.1) is 0 Å². The summed E-state index contributed by atoms with van der Waals surface area (Å²) in [5.74, 6) is -5.18. The zero-order valence-electron chi connectivity index (χ0n) is 30.1. The fourth-order valence-electron chi connectivity index (χ4n) is 4.56. The molecule has 15 heteroatoms. The number of azide groups is 1. The van der Waals surface area contributed by atoms with E-state index in [2.05, 4.69) is 16.9 Å². The normalized spacial score (nSPS) is 23.0. The number of hydrogen-bond acceptors (Lipinski definition) is 13. The van der Waals surface area contributed by atoms with E-state index in [9.17, 15) is 29.5 Å². The minimum absolute atomic E-state index is 0.217. The zero-order chi connectivity index (χ0) is 37.6. The number of esters is 5. The summed E-state index contributed by atoms with van der Waals surface area (Å²) < 4.78 is 68.0. The van der Waals surface area contributed by atoms with Crippen LogP contribution in [0.2, 0.25) is 0 Å². The highest BCUT2D eigenvalue weighted by atomic mass is 16.7. The molecule has 7 atom stereocenters. The van der Waals surface area contributed by atoms with E-state index in [1.54, 1.807) is 30.4 Å². The van der Waals surface area contributed by atoms with Crippen LogP contribution in [0.3, 0.4) is 0 Å². The Morgan fingerprint density at radius 2 is 1.60 bits per heavy atom. The van der Waals surface area contributed by atoms with Gasteiger partial charge in [0.25, 0.3) is 0 Å². The summed E-state index contributed by atoms with van der Waals surface area (Å²) in [7, 11) is 0. The van der Waals surface area contributed by atoms with Gasteiger partial charge < -0.3 is 33.2 Å². The van der Waals surface area contributed by atoms with Gasteiger partial charge in [0.2, 0.25) is 0 Å². The Morgan fingerprint density at radius 1 is 0.936 bits per heavy atom. The molecule has 1 saturated heterocycles. The summed E-state index contributed by atoms with van der Waals surface area (Å²) >= 11 is 0. The number of nitrogens with zero attached hydrogens (tertiary/aromatic N) is 3. The first-order valence-corrected chi connectivity index (χ1v) is 14.8. The smallest absolute Gasteiger partial charge is 0.338 e. The van der Waals surface area contributed by atoms with Crippen LogP contribution in [0.4, 0.5) is 0 Å². The number of carbonyl (C=O) groups is 5. The average molecular weight is 666 g/mol. The number of benzene rings is 1. The van der Waals surface area contributed by atoms with Crippen molar-refractivity contribution in [2.24, 2.45) is 5.11 Å². The standard InChI is InChI=1S/C32H43N3O12/c1-6-7-8-9-10-14-17-26(46-31(40)24-15-12-11-13-16-24)25(34-35-33)18-42-32-30(45-23(5)39)29(44-22(4)38)28(43-21(3)37)27(47-32)19-41-20(2)36/h11-17,25-30,32H,6-10,18-19H2,1-5H3/t25?,26?,27-,28+,29+,30-,32?/m1/s1/i2D,3D,4D,5D. The maximum absolute atomic E-state index is 13.1. The van der Waals surface area contributed by atoms with E-state index in [-0.39, 0.29) is 5.56 Å². The molecule has 2 rings (SSSR count). The molecular formula is C32H43N3O12. The SMILES string of the molecule is [2H]CC(=O)OC[C@H]1OC(OCC(N=[N+]=[N-])C(C=CCCCCCC)OC(=O)c2ccccc2)[C@H](OC(=O)C[2H])[C@@H](OC(=O)C[2H])[C@H]1OC(=O)C[2H]. The molecule has 15 nitrogen and oxygen atoms in total. The molecule has 0 aliphatic carbocycles. The molecule has 3 unspecified atom stereocenters. The third-order valence-corrected chi connectivity index (χ3v) is 6.62. The molecule has 258 valence electrons. The monoisotopic (exact) mass is 665 g/mol. The summed E-state index contributed by atoms with van der Waals surface area (Å²) in [6.45, 7) is -2.70. The second kappa shape index (κ2) is 20.6. The Balaban J connectivity index is 2.51. The van der Waals surface area contributed by atoms with Crippen molar-refractivity contribution >= 4 is 29.8 Å². The maximum Gasteiger partial charge on any atom is 0.338 e. The lowest BCUT2D eigenvalue weighted by molar-refractivity contribution is -0.309. The van der Waals surface area contributed by atoms with E-state index < -0.39 is 114 Å². The summed E-state index contributed by atoms with van der Waals surface area (Å²) in [6.07, 6.45) is -1.87. The van der Waals surface area contributed by atoms with Crippen molar-refractivity contribution in [3.63, 3.8) is 0 Å². The molecule has 0 bridgehead atoms. The highest BCUT2D eigenvalue weighted by Crippen LogP contribution is 2.30. The third-order valence-electron chi connectivity index (χ3n) is 6.62. The van der Waals surface area contributed by atoms with Gasteiger partial charge in [-0.05, 0) is 36.6 Å². The van der Waals surface area contributed by atoms with Gasteiger partial charge in [-0.25, -0.2) is 4.79 Å². The van der Waals surface area contributed by atoms with E-state index in [1.165, 1.54) is 12.1 Å². The summed E-state index contributed by atoms with van der Waals surface area (Å²) in [4.78, 5) is 64.8. The van der Waals surface area contributed by atoms with Crippen molar-refractivity contribution in [2.45, 2.75) is 109 Å². The average Bonchev–Trinajstić information content (AvgIpc) is 3.15. The largest absolute Gasteiger partial charge is 0.463 e. The van der Waals surface area contributed by atoms with Crippen LogP contribution >= 0.6 is 0 Å². The number of allylic oxidation sites excluding steroid dienone is 1. The molecule has 0 N–H and O–H groups in total. The fraction of sp³-hybridized carbons (Fsp3) is 0.594. The van der Waals surface area contributed by atoms with Crippen molar-refractivity contribution in [2.75, 3.05) is 13.2 Å². The highest BCUT2D eigenvalue weighted by Gasteiger charge is 2.53. The van der Waals surface area contributed by atoms with Crippen molar-refractivity contribution in [1.29, 1.82) is 0 Å². The number of rotatable bonds is 18. The minimum Gasteiger partial charge on any atom is -0.463 e. The number of ether oxygens (including phenoxy) is 7. The van der Waals surface area contributed by atoms with Crippen LogP contribution < -0.4 is 0 Å². The minimum atomic E-state index is -1.78. The molecule has 1 heterocycles. The van der Waals surface area contributed by atoms with Crippen LogP contribution in [0.15, 0.2) is 47.6 Å². The molecule has 0 saturated carbocycles. The topological polar surface area (TPSA) is 199 Å². The molecular weight excluding hydrogens is 618 g/mol.